The van der Waals surface area contributed by atoms with E-state index in [9.17, 15) is 10.2 Å². The summed E-state index contributed by atoms with van der Waals surface area (Å²) in [5.74, 6) is 3.58. The predicted octanol–water partition coefficient (Wildman–Crippen LogP) is 6.53. The third-order valence-corrected chi connectivity index (χ3v) is 10.6. The van der Waals surface area contributed by atoms with Gasteiger partial charge in [0, 0.05) is 0 Å². The van der Waals surface area contributed by atoms with E-state index in [-0.39, 0.29) is 17.6 Å². The van der Waals surface area contributed by atoms with Gasteiger partial charge in [0.2, 0.25) is 0 Å². The second-order valence-corrected chi connectivity index (χ2v) is 12.4. The summed E-state index contributed by atoms with van der Waals surface area (Å²) in [4.78, 5) is 0. The van der Waals surface area contributed by atoms with Crippen LogP contribution in [0.1, 0.15) is 92.9 Å². The molecule has 0 heterocycles. The van der Waals surface area contributed by atoms with Crippen LogP contribution in [0.15, 0.2) is 23.3 Å². The summed E-state index contributed by atoms with van der Waals surface area (Å²) in [5.41, 5.74) is 3.81. The second-order valence-electron chi connectivity index (χ2n) is 12.4. The van der Waals surface area contributed by atoms with Crippen molar-refractivity contribution in [1.29, 1.82) is 0 Å². The maximum atomic E-state index is 11.1. The van der Waals surface area contributed by atoms with Gasteiger partial charge in [-0.05, 0) is 97.7 Å². The van der Waals surface area contributed by atoms with Gasteiger partial charge in [0.1, 0.15) is 0 Å². The Hall–Kier alpha value is -0.600. The first-order chi connectivity index (χ1) is 14.1. The van der Waals surface area contributed by atoms with Crippen molar-refractivity contribution in [2.45, 2.75) is 105 Å². The molecule has 2 heteroatoms. The van der Waals surface area contributed by atoms with Crippen LogP contribution in [0.2, 0.25) is 0 Å². The predicted molar refractivity (Wildman–Crippen MR) is 125 cm³/mol. The van der Waals surface area contributed by atoms with Gasteiger partial charge in [0.15, 0.2) is 0 Å². The lowest BCUT2D eigenvalue weighted by atomic mass is 9.50. The molecule has 0 amide bonds. The highest BCUT2D eigenvalue weighted by Gasteiger charge is 2.57. The Morgan fingerprint density at radius 1 is 0.967 bits per heavy atom. The number of rotatable bonds is 5. The minimum atomic E-state index is -0.176. The zero-order valence-electron chi connectivity index (χ0n) is 20.3. The fourth-order valence-electron chi connectivity index (χ4n) is 8.02. The normalized spacial score (nSPS) is 43.8. The molecule has 170 valence electrons. The van der Waals surface area contributed by atoms with Crippen molar-refractivity contribution in [2.24, 2.45) is 46.3 Å². The Labute approximate surface area is 185 Å². The molecule has 4 aliphatic rings. The molecule has 0 aromatic heterocycles. The molecule has 2 N–H and O–H groups in total. The monoisotopic (exact) mass is 414 g/mol. The first-order valence-corrected chi connectivity index (χ1v) is 12.8. The highest BCUT2D eigenvalue weighted by atomic mass is 16.3. The Morgan fingerprint density at radius 2 is 1.70 bits per heavy atom. The zero-order chi connectivity index (χ0) is 21.8. The van der Waals surface area contributed by atoms with Crippen LogP contribution in [-0.2, 0) is 0 Å². The van der Waals surface area contributed by atoms with E-state index in [2.05, 4.69) is 53.7 Å². The largest absolute Gasteiger partial charge is 0.393 e. The molecule has 30 heavy (non-hydrogen) atoms. The first-order valence-electron chi connectivity index (χ1n) is 12.8. The van der Waals surface area contributed by atoms with Crippen LogP contribution >= 0.6 is 0 Å². The molecular weight excluding hydrogens is 368 g/mol. The summed E-state index contributed by atoms with van der Waals surface area (Å²) in [5, 5.41) is 21.3. The summed E-state index contributed by atoms with van der Waals surface area (Å²) in [6.45, 7) is 14.2. The minimum Gasteiger partial charge on any atom is -0.393 e. The van der Waals surface area contributed by atoms with Gasteiger partial charge in [-0.15, -0.1) is 0 Å². The maximum absolute atomic E-state index is 11.1. The average molecular weight is 415 g/mol. The van der Waals surface area contributed by atoms with Crippen LogP contribution in [0, 0.1) is 46.3 Å². The van der Waals surface area contributed by atoms with Crippen molar-refractivity contribution in [2.75, 3.05) is 0 Å². The standard InChI is InChI=1S/C28H46O2/c1-17(2)18(3)15-26(30)19(4)23-9-10-24-22-8-7-20-16-21(29)11-13-27(20,5)25(22)12-14-28(23,24)6/h7-8,17-19,21,23-26,29-30H,9-16H2,1-6H3/t18?,19?,21?,23-,24+,25+,26?,27+,28-/m1/s1. The average Bonchev–Trinajstić information content (AvgIpc) is 3.04. The Morgan fingerprint density at radius 3 is 2.40 bits per heavy atom. The number of aliphatic hydroxyl groups is 2. The van der Waals surface area contributed by atoms with Crippen molar-refractivity contribution in [1.82, 2.24) is 0 Å². The Balaban J connectivity index is 1.55. The highest BCUT2D eigenvalue weighted by molar-refractivity contribution is 5.38. The zero-order valence-corrected chi connectivity index (χ0v) is 20.3. The fraction of sp³-hybridized carbons (Fsp3) is 0.857. The van der Waals surface area contributed by atoms with Gasteiger partial charge >= 0.3 is 0 Å². The molecule has 0 radical (unpaired) electrons. The molecule has 0 spiro atoms. The first kappa shape index (κ1) is 22.6. The molecule has 0 aliphatic heterocycles. The van der Waals surface area contributed by atoms with Crippen molar-refractivity contribution in [3.05, 3.63) is 23.3 Å². The van der Waals surface area contributed by atoms with Gasteiger partial charge in [-0.3, -0.25) is 0 Å². The summed E-state index contributed by atoms with van der Waals surface area (Å²) < 4.78 is 0. The van der Waals surface area contributed by atoms with Crippen molar-refractivity contribution in [3.8, 4) is 0 Å². The number of aliphatic hydroxyl groups excluding tert-OH is 2. The van der Waals surface area contributed by atoms with Crippen molar-refractivity contribution in [3.63, 3.8) is 0 Å². The molecule has 4 unspecified atom stereocenters. The highest BCUT2D eigenvalue weighted by Crippen LogP contribution is 2.66. The third kappa shape index (κ3) is 3.54. The van der Waals surface area contributed by atoms with Crippen LogP contribution in [-0.4, -0.2) is 22.4 Å². The molecular formula is C28H46O2. The van der Waals surface area contributed by atoms with Crippen LogP contribution in [0.4, 0.5) is 0 Å². The van der Waals surface area contributed by atoms with Gasteiger partial charge < -0.3 is 10.2 Å². The van der Waals surface area contributed by atoms with E-state index >= 15 is 0 Å². The van der Waals surface area contributed by atoms with E-state index in [4.69, 9.17) is 0 Å². The molecule has 4 aliphatic carbocycles. The molecule has 3 fully saturated rings. The van der Waals surface area contributed by atoms with Gasteiger partial charge in [0.05, 0.1) is 12.2 Å². The summed E-state index contributed by atoms with van der Waals surface area (Å²) in [6, 6.07) is 0. The lowest BCUT2D eigenvalue weighted by Crippen LogP contribution is -2.47. The van der Waals surface area contributed by atoms with Gasteiger partial charge in [-0.2, -0.15) is 0 Å². The minimum absolute atomic E-state index is 0.139. The lowest BCUT2D eigenvalue weighted by molar-refractivity contribution is -0.00814. The van der Waals surface area contributed by atoms with Crippen LogP contribution in [0.5, 0.6) is 0 Å². The van der Waals surface area contributed by atoms with E-state index < -0.39 is 0 Å². The molecule has 2 nitrogen and oxygen atoms in total. The van der Waals surface area contributed by atoms with Crippen LogP contribution in [0.3, 0.4) is 0 Å². The second kappa shape index (κ2) is 8.07. The van der Waals surface area contributed by atoms with Crippen LogP contribution in [0.25, 0.3) is 0 Å². The van der Waals surface area contributed by atoms with E-state index in [1.54, 1.807) is 5.57 Å². The molecule has 0 saturated heterocycles. The third-order valence-electron chi connectivity index (χ3n) is 10.6. The topological polar surface area (TPSA) is 40.5 Å². The number of hydrogen-bond donors (Lipinski definition) is 2. The van der Waals surface area contributed by atoms with Gasteiger partial charge in [-0.25, -0.2) is 0 Å². The van der Waals surface area contributed by atoms with E-state index in [1.807, 2.05) is 0 Å². The maximum Gasteiger partial charge on any atom is 0.0578 e. The Bertz CT molecular complexity index is 705. The molecule has 0 aromatic carbocycles. The Kier molecular flexibility index (Phi) is 6.08. The molecule has 0 bridgehead atoms. The quantitative estimate of drug-likeness (QED) is 0.537. The lowest BCUT2D eigenvalue weighted by Gasteiger charge is -2.55. The SMILES string of the molecule is CC(C)C(C)CC(O)C(C)[C@H]1CC[C@H]2C3=CC=C4CC(O)CC[C@]4(C)[C@H]3CC[C@]12C. The molecule has 4 rings (SSSR count). The van der Waals surface area contributed by atoms with E-state index in [1.165, 1.54) is 31.3 Å². The number of allylic oxidation sites excluding steroid dienone is 3. The van der Waals surface area contributed by atoms with Gasteiger partial charge in [0.25, 0.3) is 0 Å². The molecule has 3 saturated carbocycles. The number of hydrogen-bond acceptors (Lipinski definition) is 2. The summed E-state index contributed by atoms with van der Waals surface area (Å²) in [6.07, 6.45) is 13.6. The van der Waals surface area contributed by atoms with Crippen molar-refractivity contribution >= 4 is 0 Å². The van der Waals surface area contributed by atoms with E-state index in [0.29, 0.717) is 40.9 Å². The van der Waals surface area contributed by atoms with Crippen LogP contribution < -0.4 is 0 Å². The van der Waals surface area contributed by atoms with Crippen molar-refractivity contribution < 1.29 is 10.2 Å². The molecule has 0 aromatic rings. The smallest absolute Gasteiger partial charge is 0.0578 e. The number of fused-ring (bicyclic) bond motifs is 5. The van der Waals surface area contributed by atoms with E-state index in [0.717, 1.165) is 25.7 Å². The summed E-state index contributed by atoms with van der Waals surface area (Å²) >= 11 is 0. The van der Waals surface area contributed by atoms with Gasteiger partial charge in [-0.1, -0.05) is 64.8 Å². The molecule has 9 atom stereocenters. The fourth-order valence-corrected chi connectivity index (χ4v) is 8.02. The summed E-state index contributed by atoms with van der Waals surface area (Å²) in [7, 11) is 0.